The summed E-state index contributed by atoms with van der Waals surface area (Å²) in [6.07, 6.45) is -1.46. The van der Waals surface area contributed by atoms with Gasteiger partial charge in [0, 0.05) is 18.2 Å². The van der Waals surface area contributed by atoms with Gasteiger partial charge >= 0.3 is 11.8 Å². The number of nitrogens with one attached hydrogen (secondary N) is 1. The van der Waals surface area contributed by atoms with Gasteiger partial charge in [-0.25, -0.2) is 4.79 Å². The molecule has 1 N–H and O–H groups in total. The summed E-state index contributed by atoms with van der Waals surface area (Å²) in [7, 11) is 3.25. The summed E-state index contributed by atoms with van der Waals surface area (Å²) < 4.78 is 31.7. The Balaban J connectivity index is 1.58. The lowest BCUT2D eigenvalue weighted by Crippen LogP contribution is -2.38. The van der Waals surface area contributed by atoms with E-state index in [2.05, 4.69) is 17.2 Å². The molecule has 9 nitrogen and oxygen atoms in total. The Bertz CT molecular complexity index is 1630. The van der Waals surface area contributed by atoms with Crippen LogP contribution in [0.3, 0.4) is 0 Å². The van der Waals surface area contributed by atoms with Gasteiger partial charge in [0.25, 0.3) is 5.56 Å². The molecule has 3 aromatic carbocycles. The van der Waals surface area contributed by atoms with Crippen molar-refractivity contribution in [2.24, 2.45) is 0 Å². The van der Waals surface area contributed by atoms with Crippen LogP contribution in [0.5, 0.6) is 11.5 Å². The average Bonchev–Trinajstić information content (AvgIpc) is 3.41. The van der Waals surface area contributed by atoms with Gasteiger partial charge in [-0.15, -0.1) is 0 Å². The molecule has 43 heavy (non-hydrogen) atoms. The number of aryl methyl sites for hydroxylation is 1. The van der Waals surface area contributed by atoms with Crippen LogP contribution >= 0.6 is 18.4 Å². The van der Waals surface area contributed by atoms with Crippen molar-refractivity contribution in [3.05, 3.63) is 128 Å². The minimum absolute atomic E-state index is 0.0808. The van der Waals surface area contributed by atoms with Crippen molar-refractivity contribution in [3.63, 3.8) is 0 Å². The van der Waals surface area contributed by atoms with Crippen LogP contribution in [0.2, 0.25) is 0 Å². The minimum atomic E-state index is -1.46. The van der Waals surface area contributed by atoms with Gasteiger partial charge in [0.1, 0.15) is 47.8 Å². The third-order valence-electron chi connectivity index (χ3n) is 7.50. The molecule has 4 aromatic rings. The fourth-order valence-corrected chi connectivity index (χ4v) is 6.48. The van der Waals surface area contributed by atoms with E-state index in [0.717, 1.165) is 16.7 Å². The van der Waals surface area contributed by atoms with Crippen LogP contribution < -0.4 is 20.7 Å². The second-order valence-corrected chi connectivity index (χ2v) is 13.6. The normalized spacial score (nSPS) is 18.8. The molecule has 0 aliphatic carbocycles. The van der Waals surface area contributed by atoms with Crippen molar-refractivity contribution in [1.29, 1.82) is 0 Å². The molecule has 1 aliphatic rings. The van der Waals surface area contributed by atoms with Crippen molar-refractivity contribution in [3.8, 4) is 11.5 Å². The van der Waals surface area contributed by atoms with E-state index in [1.54, 1.807) is 21.1 Å². The maximum atomic E-state index is 12.7. The molecule has 4 atom stereocenters. The van der Waals surface area contributed by atoms with E-state index in [0.29, 0.717) is 23.5 Å². The first-order valence-electron chi connectivity index (χ1n) is 13.5. The molecule has 4 unspecified atom stereocenters. The molecule has 0 bridgehead atoms. The zero-order valence-corrected chi connectivity index (χ0v) is 26.4. The van der Waals surface area contributed by atoms with Gasteiger partial charge in [-0.1, -0.05) is 54.6 Å². The van der Waals surface area contributed by atoms with Crippen LogP contribution in [0.15, 0.2) is 94.6 Å². The van der Waals surface area contributed by atoms with Gasteiger partial charge in [0.15, 0.2) is 0 Å². The van der Waals surface area contributed by atoms with E-state index in [1.807, 2.05) is 78.9 Å². The van der Waals surface area contributed by atoms with Crippen LogP contribution in [0, 0.1) is 6.92 Å². The Labute approximate surface area is 260 Å². The number of benzene rings is 3. The molecule has 12 heteroatoms. The molecule has 1 fully saturated rings. The number of methoxy groups -OCH3 is 2. The number of aromatic amines is 1. The van der Waals surface area contributed by atoms with E-state index in [1.165, 1.54) is 10.8 Å². The summed E-state index contributed by atoms with van der Waals surface area (Å²) in [5.74, 6) is 1.43. The van der Waals surface area contributed by atoms with Crippen LogP contribution in [-0.4, -0.2) is 42.6 Å². The smallest absolute Gasteiger partial charge is 0.411 e. The minimum Gasteiger partial charge on any atom is -0.497 e. The molecule has 1 aliphatic heterocycles. The van der Waals surface area contributed by atoms with Crippen molar-refractivity contribution in [2.75, 3.05) is 20.8 Å². The van der Waals surface area contributed by atoms with Gasteiger partial charge in [-0.2, -0.15) is 4.52 Å². The molecular weight excluding hydrogens is 607 g/mol. The predicted octanol–water partition coefficient (Wildman–Crippen LogP) is 5.25. The van der Waals surface area contributed by atoms with Gasteiger partial charge < -0.3 is 18.9 Å². The van der Waals surface area contributed by atoms with Gasteiger partial charge in [-0.05, 0) is 47.9 Å². The van der Waals surface area contributed by atoms with E-state index >= 15 is 0 Å². The molecule has 5 rings (SSSR count). The Kier molecular flexibility index (Phi) is 9.81. The first kappa shape index (κ1) is 31.1. The largest absolute Gasteiger partial charge is 0.497 e. The van der Waals surface area contributed by atoms with Gasteiger partial charge in [-0.3, -0.25) is 14.3 Å². The molecule has 0 saturated carbocycles. The Morgan fingerprint density at radius 1 is 0.953 bits per heavy atom. The maximum Gasteiger partial charge on any atom is 0.411 e. The molecule has 1 aromatic heterocycles. The number of nitrogens with zero attached hydrogens (tertiary/aromatic N) is 1. The quantitative estimate of drug-likeness (QED) is 0.131. The van der Waals surface area contributed by atoms with E-state index in [9.17, 15) is 9.59 Å². The van der Waals surface area contributed by atoms with Crippen LogP contribution in [0.4, 0.5) is 0 Å². The van der Waals surface area contributed by atoms with Crippen molar-refractivity contribution >= 4 is 30.2 Å². The second-order valence-electron chi connectivity index (χ2n) is 10.0. The Morgan fingerprint density at radius 2 is 1.51 bits per heavy atom. The Hall–Kier alpha value is -3.31. The summed E-state index contributed by atoms with van der Waals surface area (Å²) in [5, 5.41) is 0. The molecule has 0 amide bonds. The highest BCUT2D eigenvalue weighted by Crippen LogP contribution is 2.44. The standard InChI is InChI=1S/C31H31N2O7PS2/c1-20-18-33(30(35)32-29(20)34)28-17-26(40-41(42)43)27(39-28)19-38-31(21-7-5-4-6-8-21,22-9-13-24(36-2)14-10-22)23-11-15-25(37-3)16-12-23/h4-16,18,26-28H,17,19H2,1-3H3,(H-,32,34,35,42,43)/p+1. The first-order chi connectivity index (χ1) is 20.7. The number of hydrogen-bond donors (Lipinski definition) is 2. The summed E-state index contributed by atoms with van der Waals surface area (Å²) in [5.41, 5.74) is 0.932. The first-order valence-corrected chi connectivity index (χ1v) is 17.0. The highest BCUT2D eigenvalue weighted by Gasteiger charge is 2.45. The lowest BCUT2D eigenvalue weighted by molar-refractivity contribution is -0.0904. The lowest BCUT2D eigenvalue weighted by atomic mass is 9.80. The molecule has 0 radical (unpaired) electrons. The van der Waals surface area contributed by atoms with Crippen molar-refractivity contribution < 1.29 is 23.5 Å². The third-order valence-corrected chi connectivity index (χ3v) is 8.49. The number of aromatic nitrogens is 2. The van der Waals surface area contributed by atoms with Crippen LogP contribution in [-0.2, 0) is 31.4 Å². The van der Waals surface area contributed by atoms with Crippen LogP contribution in [0.25, 0.3) is 0 Å². The van der Waals surface area contributed by atoms with Gasteiger partial charge in [0.2, 0.25) is 11.8 Å². The van der Waals surface area contributed by atoms with E-state index in [-0.39, 0.29) is 6.61 Å². The van der Waals surface area contributed by atoms with Crippen molar-refractivity contribution in [1.82, 2.24) is 9.55 Å². The molecular formula is C31H32N2O7PS2+. The second kappa shape index (κ2) is 13.5. The number of ether oxygens (including phenoxy) is 4. The molecule has 224 valence electrons. The number of hydrogen-bond acceptors (Lipinski definition) is 8. The van der Waals surface area contributed by atoms with E-state index < -0.39 is 41.4 Å². The van der Waals surface area contributed by atoms with Gasteiger partial charge in [0.05, 0.1) is 20.8 Å². The van der Waals surface area contributed by atoms with Crippen LogP contribution in [0.1, 0.15) is 34.9 Å². The lowest BCUT2D eigenvalue weighted by Gasteiger charge is -2.37. The monoisotopic (exact) mass is 639 g/mol. The SMILES string of the molecule is COc1ccc(C(OCC2OC(n3cc(C)c(=O)[nH]c3=O)CC2O[P+](=S)S)(c2ccccc2)c2ccc(OC)cc2)cc1. The average molecular weight is 640 g/mol. The number of rotatable bonds is 11. The molecule has 2 heterocycles. The summed E-state index contributed by atoms with van der Waals surface area (Å²) >= 11 is 9.63. The number of thiol groups is 1. The highest BCUT2D eigenvalue weighted by atomic mass is 32.9. The predicted molar refractivity (Wildman–Crippen MR) is 171 cm³/mol. The zero-order valence-electron chi connectivity index (χ0n) is 23.8. The highest BCUT2D eigenvalue weighted by molar-refractivity contribution is 8.54. The third kappa shape index (κ3) is 6.62. The van der Waals surface area contributed by atoms with Crippen molar-refractivity contribution in [2.45, 2.75) is 37.4 Å². The Morgan fingerprint density at radius 3 is 2.05 bits per heavy atom. The summed E-state index contributed by atoms with van der Waals surface area (Å²) in [6.45, 7) is 1.71. The zero-order chi connectivity index (χ0) is 30.6. The fraction of sp³-hybridized carbons (Fsp3) is 0.290. The maximum absolute atomic E-state index is 12.7. The fourth-order valence-electron chi connectivity index (χ4n) is 5.33. The van der Waals surface area contributed by atoms with E-state index in [4.69, 9.17) is 35.3 Å². The summed E-state index contributed by atoms with van der Waals surface area (Å²) in [6, 6.07) is 25.4. The molecule has 0 spiro atoms. The number of H-pyrrole nitrogens is 1. The summed E-state index contributed by atoms with van der Waals surface area (Å²) in [4.78, 5) is 27.0. The molecule has 1 saturated heterocycles. The topological polar surface area (TPSA) is 101 Å².